The van der Waals surface area contributed by atoms with Crippen LogP contribution in [0.5, 0.6) is 0 Å². The minimum absolute atomic E-state index is 0.178. The van der Waals surface area contributed by atoms with Crippen LogP contribution in [0.1, 0.15) is 68.5 Å². The number of methoxy groups -OCH3 is 1. The smallest absolute Gasteiger partial charge is 0.336 e. The standard InChI is InChI=1S/C28H27ClN2O5S/c1-3-4-9-22-30-26(29)23(24(36-2)25-21(28(34)35)14-15-37-25)31(22)16-17-10-12-18(13-11-17)19-7-5-6-8-20(19)27(32)33/h5-8,10-15,24H,3-4,9,16H2,1-2H3,(H,32,33)(H,34,35). The first kappa shape index (κ1) is 26.6. The molecule has 2 heterocycles. The number of aromatic nitrogens is 2. The van der Waals surface area contributed by atoms with Gasteiger partial charge in [0.25, 0.3) is 0 Å². The summed E-state index contributed by atoms with van der Waals surface area (Å²) in [6.07, 6.45) is 1.93. The monoisotopic (exact) mass is 538 g/mol. The average molecular weight is 539 g/mol. The molecule has 0 aliphatic rings. The van der Waals surface area contributed by atoms with Gasteiger partial charge in [0.1, 0.15) is 11.9 Å². The second kappa shape index (κ2) is 11.7. The lowest BCUT2D eigenvalue weighted by atomic mass is 9.98. The van der Waals surface area contributed by atoms with Crippen LogP contribution in [0.15, 0.2) is 60.0 Å². The maximum Gasteiger partial charge on any atom is 0.336 e. The van der Waals surface area contributed by atoms with Gasteiger partial charge in [-0.25, -0.2) is 14.6 Å². The Morgan fingerprint density at radius 1 is 1.05 bits per heavy atom. The first-order chi connectivity index (χ1) is 17.8. The molecule has 4 rings (SSSR count). The molecule has 37 heavy (non-hydrogen) atoms. The number of unbranched alkanes of at least 4 members (excludes halogenated alkanes) is 1. The Morgan fingerprint density at radius 2 is 1.76 bits per heavy atom. The quantitative estimate of drug-likeness (QED) is 0.218. The zero-order valence-corrected chi connectivity index (χ0v) is 22.1. The van der Waals surface area contributed by atoms with E-state index >= 15 is 0 Å². The summed E-state index contributed by atoms with van der Waals surface area (Å²) in [7, 11) is 1.53. The van der Waals surface area contributed by atoms with E-state index in [0.29, 0.717) is 29.1 Å². The molecule has 2 N–H and O–H groups in total. The number of rotatable bonds is 11. The van der Waals surface area contributed by atoms with Crippen LogP contribution in [0.25, 0.3) is 11.1 Å². The minimum atomic E-state index is -1.02. The predicted octanol–water partition coefficient (Wildman–Crippen LogP) is 6.79. The summed E-state index contributed by atoms with van der Waals surface area (Å²) in [5.74, 6) is -1.19. The van der Waals surface area contributed by atoms with Crippen molar-refractivity contribution in [3.8, 4) is 11.1 Å². The normalized spacial score (nSPS) is 12.0. The van der Waals surface area contributed by atoms with Gasteiger partial charge in [-0.15, -0.1) is 11.3 Å². The lowest BCUT2D eigenvalue weighted by molar-refractivity contribution is 0.0681. The van der Waals surface area contributed by atoms with E-state index < -0.39 is 18.0 Å². The van der Waals surface area contributed by atoms with Crippen LogP contribution in [0.4, 0.5) is 0 Å². The third-order valence-corrected chi connectivity index (χ3v) is 7.44. The van der Waals surface area contributed by atoms with E-state index in [-0.39, 0.29) is 16.3 Å². The highest BCUT2D eigenvalue weighted by molar-refractivity contribution is 7.10. The summed E-state index contributed by atoms with van der Waals surface area (Å²) >= 11 is 7.97. The number of ether oxygens (including phenoxy) is 1. The molecular weight excluding hydrogens is 512 g/mol. The molecular formula is C28H27ClN2O5S. The van der Waals surface area contributed by atoms with Crippen molar-refractivity contribution in [2.24, 2.45) is 0 Å². The van der Waals surface area contributed by atoms with E-state index in [4.69, 9.17) is 16.3 Å². The molecule has 7 nitrogen and oxygen atoms in total. The third kappa shape index (κ3) is 5.61. The van der Waals surface area contributed by atoms with Crippen molar-refractivity contribution in [2.45, 2.75) is 38.8 Å². The molecule has 0 aliphatic heterocycles. The van der Waals surface area contributed by atoms with E-state index in [0.717, 1.165) is 29.8 Å². The Balaban J connectivity index is 1.74. The minimum Gasteiger partial charge on any atom is -0.478 e. The molecule has 192 valence electrons. The van der Waals surface area contributed by atoms with Crippen molar-refractivity contribution in [2.75, 3.05) is 7.11 Å². The second-order valence-corrected chi connectivity index (χ2v) is 9.87. The molecule has 0 saturated carbocycles. The van der Waals surface area contributed by atoms with Crippen molar-refractivity contribution in [3.63, 3.8) is 0 Å². The Morgan fingerprint density at radius 3 is 2.41 bits per heavy atom. The lowest BCUT2D eigenvalue weighted by Crippen LogP contribution is -2.15. The topological polar surface area (TPSA) is 102 Å². The summed E-state index contributed by atoms with van der Waals surface area (Å²) in [4.78, 5) is 28.7. The summed E-state index contributed by atoms with van der Waals surface area (Å²) in [6.45, 7) is 2.55. The van der Waals surface area contributed by atoms with Crippen molar-refractivity contribution in [1.82, 2.24) is 9.55 Å². The molecule has 0 fully saturated rings. The predicted molar refractivity (Wildman–Crippen MR) is 144 cm³/mol. The zero-order chi connectivity index (χ0) is 26.5. The van der Waals surface area contributed by atoms with Crippen molar-refractivity contribution in [1.29, 1.82) is 0 Å². The van der Waals surface area contributed by atoms with E-state index in [1.807, 2.05) is 34.9 Å². The number of nitrogens with zero attached hydrogens (tertiary/aromatic N) is 2. The summed E-state index contributed by atoms with van der Waals surface area (Å²) in [6, 6.07) is 16.2. The van der Waals surface area contributed by atoms with Crippen molar-refractivity contribution in [3.05, 3.63) is 98.2 Å². The highest BCUT2D eigenvalue weighted by Crippen LogP contribution is 2.37. The summed E-state index contributed by atoms with van der Waals surface area (Å²) in [5.41, 5.74) is 3.45. The zero-order valence-electron chi connectivity index (χ0n) is 20.5. The number of imidazole rings is 1. The number of hydrogen-bond acceptors (Lipinski definition) is 5. The van der Waals surface area contributed by atoms with Gasteiger partial charge in [0.15, 0.2) is 5.15 Å². The fourth-order valence-corrected chi connectivity index (χ4v) is 5.63. The van der Waals surface area contributed by atoms with Gasteiger partial charge in [-0.1, -0.05) is 67.4 Å². The van der Waals surface area contributed by atoms with Crippen LogP contribution in [0.3, 0.4) is 0 Å². The first-order valence-electron chi connectivity index (χ1n) is 11.9. The van der Waals surface area contributed by atoms with Gasteiger partial charge < -0.3 is 19.5 Å². The van der Waals surface area contributed by atoms with Gasteiger partial charge in [-0.05, 0) is 40.6 Å². The van der Waals surface area contributed by atoms with Crippen LogP contribution < -0.4 is 0 Å². The fraction of sp³-hybridized carbons (Fsp3) is 0.250. The van der Waals surface area contributed by atoms with Gasteiger partial charge in [-0.3, -0.25) is 0 Å². The SMILES string of the molecule is CCCCc1nc(Cl)c(C(OC)c2sccc2C(=O)O)n1Cc1ccc(-c2ccccc2C(=O)O)cc1. The number of thiophene rings is 1. The second-order valence-electron chi connectivity index (χ2n) is 8.56. The molecule has 0 saturated heterocycles. The van der Waals surface area contributed by atoms with Crippen LogP contribution in [-0.4, -0.2) is 38.8 Å². The van der Waals surface area contributed by atoms with Crippen molar-refractivity contribution >= 4 is 34.9 Å². The molecule has 4 aromatic rings. The number of carbonyl (C=O) groups is 2. The molecule has 2 aromatic heterocycles. The Labute approximate surface area is 223 Å². The lowest BCUT2D eigenvalue weighted by Gasteiger charge is -2.20. The van der Waals surface area contributed by atoms with Crippen LogP contribution in [-0.2, 0) is 17.7 Å². The number of benzene rings is 2. The van der Waals surface area contributed by atoms with E-state index in [1.165, 1.54) is 18.4 Å². The molecule has 1 unspecified atom stereocenters. The Kier molecular flexibility index (Phi) is 8.43. The molecule has 0 amide bonds. The Hall–Kier alpha value is -3.46. The van der Waals surface area contributed by atoms with Gasteiger partial charge >= 0.3 is 11.9 Å². The maximum absolute atomic E-state index is 11.8. The van der Waals surface area contributed by atoms with Crippen molar-refractivity contribution < 1.29 is 24.5 Å². The number of aryl methyl sites for hydroxylation is 1. The number of carboxylic acid groups (broad SMARTS) is 2. The van der Waals surface area contributed by atoms with Crippen LogP contribution in [0, 0.1) is 0 Å². The molecule has 0 bridgehead atoms. The van der Waals surface area contributed by atoms with Gasteiger partial charge in [-0.2, -0.15) is 0 Å². The van der Waals surface area contributed by atoms with E-state index in [2.05, 4.69) is 11.9 Å². The first-order valence-corrected chi connectivity index (χ1v) is 13.1. The average Bonchev–Trinajstić information content (AvgIpc) is 3.49. The number of halogens is 1. The molecule has 0 radical (unpaired) electrons. The number of carboxylic acids is 2. The highest BCUT2D eigenvalue weighted by Gasteiger charge is 2.29. The fourth-order valence-electron chi connectivity index (χ4n) is 4.37. The maximum atomic E-state index is 11.8. The molecule has 9 heteroatoms. The summed E-state index contributed by atoms with van der Waals surface area (Å²) < 4.78 is 7.82. The molecule has 0 aliphatic carbocycles. The summed E-state index contributed by atoms with van der Waals surface area (Å²) in [5, 5.41) is 21.2. The van der Waals surface area contributed by atoms with Crippen LogP contribution >= 0.6 is 22.9 Å². The van der Waals surface area contributed by atoms with Crippen LogP contribution in [0.2, 0.25) is 5.15 Å². The molecule has 2 aromatic carbocycles. The molecule has 0 spiro atoms. The van der Waals surface area contributed by atoms with E-state index in [1.54, 1.807) is 29.6 Å². The van der Waals surface area contributed by atoms with Gasteiger partial charge in [0.05, 0.1) is 21.7 Å². The van der Waals surface area contributed by atoms with Gasteiger partial charge in [0, 0.05) is 20.1 Å². The largest absolute Gasteiger partial charge is 0.478 e. The third-order valence-electron chi connectivity index (χ3n) is 6.21. The van der Waals surface area contributed by atoms with Gasteiger partial charge in [0.2, 0.25) is 0 Å². The molecule has 1 atom stereocenters. The number of hydrogen-bond donors (Lipinski definition) is 2. The highest BCUT2D eigenvalue weighted by atomic mass is 35.5. The Bertz CT molecular complexity index is 1410. The van der Waals surface area contributed by atoms with E-state index in [9.17, 15) is 19.8 Å². The number of aromatic carboxylic acids is 2.